The van der Waals surface area contributed by atoms with Gasteiger partial charge in [-0.15, -0.1) is 0 Å². The van der Waals surface area contributed by atoms with Gasteiger partial charge in [-0.05, 0) is 35.9 Å². The zero-order valence-corrected chi connectivity index (χ0v) is 14.2. The summed E-state index contributed by atoms with van der Waals surface area (Å²) in [6.45, 7) is 0.137. The highest BCUT2D eigenvalue weighted by Gasteiger charge is 2.39. The fraction of sp³-hybridized carbons (Fsp3) is 0.176. The van der Waals surface area contributed by atoms with Crippen LogP contribution in [0.15, 0.2) is 40.9 Å². The average Bonchev–Trinajstić information content (AvgIpc) is 2.84. The van der Waals surface area contributed by atoms with Crippen LogP contribution in [0.5, 0.6) is 5.75 Å². The van der Waals surface area contributed by atoms with E-state index >= 15 is 0 Å². The third kappa shape index (κ3) is 2.75. The van der Waals surface area contributed by atoms with E-state index in [4.69, 9.17) is 4.74 Å². The molecule has 0 saturated carbocycles. The van der Waals surface area contributed by atoms with Crippen LogP contribution in [0.2, 0.25) is 0 Å². The van der Waals surface area contributed by atoms with Crippen LogP contribution in [0.3, 0.4) is 0 Å². The Balaban J connectivity index is 2.07. The van der Waals surface area contributed by atoms with Crippen molar-refractivity contribution < 1.29 is 23.8 Å². The quantitative estimate of drug-likeness (QED) is 0.864. The lowest BCUT2D eigenvalue weighted by Crippen LogP contribution is -2.34. The molecule has 1 aliphatic heterocycles. The molecule has 3 rings (SSSR count). The van der Waals surface area contributed by atoms with Crippen molar-refractivity contribution in [2.24, 2.45) is 0 Å². The number of carbonyl (C=O) groups is 2. The van der Waals surface area contributed by atoms with E-state index in [0.717, 1.165) is 16.1 Å². The molecule has 1 N–H and O–H groups in total. The molecule has 5 nitrogen and oxygen atoms in total. The second-order valence-electron chi connectivity index (χ2n) is 5.36. The maximum absolute atomic E-state index is 13.6. The summed E-state index contributed by atoms with van der Waals surface area (Å²) in [5, 5.41) is 9.67. The maximum atomic E-state index is 13.6. The van der Waals surface area contributed by atoms with Gasteiger partial charge in [0.05, 0.1) is 7.11 Å². The predicted octanol–water partition coefficient (Wildman–Crippen LogP) is 3.38. The number of carboxylic acids is 1. The molecule has 1 heterocycles. The minimum absolute atomic E-state index is 0.102. The van der Waals surface area contributed by atoms with Crippen molar-refractivity contribution >= 4 is 27.8 Å². The molecule has 124 valence electrons. The number of carbonyl (C=O) groups excluding carboxylic acids is 1. The first-order valence-corrected chi connectivity index (χ1v) is 7.87. The summed E-state index contributed by atoms with van der Waals surface area (Å²) in [7, 11) is 1.37. The number of fused-ring (bicyclic) bond motifs is 1. The highest BCUT2D eigenvalue weighted by atomic mass is 79.9. The molecule has 24 heavy (non-hydrogen) atoms. The normalized spacial score (nSPS) is 14.5. The van der Waals surface area contributed by atoms with Crippen LogP contribution in [-0.4, -0.2) is 29.0 Å². The molecule has 1 aliphatic rings. The summed E-state index contributed by atoms with van der Waals surface area (Å²) in [6, 6.07) is 7.48. The number of hydrogen-bond acceptors (Lipinski definition) is 3. The topological polar surface area (TPSA) is 66.8 Å². The van der Waals surface area contributed by atoms with Crippen LogP contribution in [0.25, 0.3) is 0 Å². The van der Waals surface area contributed by atoms with Gasteiger partial charge in [-0.25, -0.2) is 9.18 Å². The highest BCUT2D eigenvalue weighted by Crippen LogP contribution is 2.36. The number of carboxylic acid groups (broad SMARTS) is 1. The van der Waals surface area contributed by atoms with Crippen LogP contribution in [0.1, 0.15) is 27.5 Å². The Kier molecular flexibility index (Phi) is 4.28. The third-order valence-corrected chi connectivity index (χ3v) is 4.43. The van der Waals surface area contributed by atoms with Crippen molar-refractivity contribution in [3.63, 3.8) is 0 Å². The fourth-order valence-electron chi connectivity index (χ4n) is 2.86. The van der Waals surface area contributed by atoms with Crippen molar-refractivity contribution in [2.45, 2.75) is 12.6 Å². The fourth-order valence-corrected chi connectivity index (χ4v) is 3.22. The molecule has 0 aliphatic carbocycles. The van der Waals surface area contributed by atoms with E-state index in [1.165, 1.54) is 24.1 Å². The molecule has 2 aromatic carbocycles. The summed E-state index contributed by atoms with van der Waals surface area (Å²) in [5.41, 5.74) is 1.26. The van der Waals surface area contributed by atoms with Gasteiger partial charge < -0.3 is 14.7 Å². The average molecular weight is 394 g/mol. The number of methoxy groups -OCH3 is 1. The van der Waals surface area contributed by atoms with Gasteiger partial charge in [0.1, 0.15) is 11.6 Å². The maximum Gasteiger partial charge on any atom is 0.331 e. The lowest BCUT2D eigenvalue weighted by atomic mass is 10.0. The summed E-state index contributed by atoms with van der Waals surface area (Å²) >= 11 is 3.30. The number of aliphatic carboxylic acids is 1. The number of rotatable bonds is 4. The van der Waals surface area contributed by atoms with Gasteiger partial charge in [0, 0.05) is 22.1 Å². The first kappa shape index (κ1) is 16.4. The molecule has 2 aromatic rings. The lowest BCUT2D eigenvalue weighted by Gasteiger charge is -2.25. The molecule has 0 saturated heterocycles. The molecule has 1 unspecified atom stereocenters. The van der Waals surface area contributed by atoms with Gasteiger partial charge in [-0.1, -0.05) is 22.0 Å². The number of benzene rings is 2. The lowest BCUT2D eigenvalue weighted by molar-refractivity contribution is -0.142. The Labute approximate surface area is 145 Å². The molecule has 0 radical (unpaired) electrons. The second kappa shape index (κ2) is 6.24. The molecule has 1 atom stereocenters. The summed E-state index contributed by atoms with van der Waals surface area (Å²) in [5.74, 6) is -2.04. The molecule has 0 aromatic heterocycles. The van der Waals surface area contributed by atoms with Crippen molar-refractivity contribution in [3.05, 3.63) is 63.4 Å². The van der Waals surface area contributed by atoms with E-state index in [1.54, 1.807) is 18.2 Å². The minimum Gasteiger partial charge on any atom is -0.496 e. The number of hydrogen-bond donors (Lipinski definition) is 1. The Hall–Kier alpha value is -2.41. The number of ether oxygens (including phenoxy) is 1. The summed E-state index contributed by atoms with van der Waals surface area (Å²) in [6.07, 6.45) is 0. The van der Waals surface area contributed by atoms with Crippen LogP contribution >= 0.6 is 15.9 Å². The third-order valence-electron chi connectivity index (χ3n) is 3.94. The van der Waals surface area contributed by atoms with E-state index in [2.05, 4.69) is 15.9 Å². The van der Waals surface area contributed by atoms with Crippen LogP contribution in [-0.2, 0) is 11.3 Å². The minimum atomic E-state index is -1.34. The Morgan fingerprint density at radius 1 is 1.33 bits per heavy atom. The number of amides is 1. The van der Waals surface area contributed by atoms with Gasteiger partial charge in [-0.2, -0.15) is 0 Å². The van der Waals surface area contributed by atoms with Crippen molar-refractivity contribution in [1.29, 1.82) is 0 Å². The smallest absolute Gasteiger partial charge is 0.331 e. The Morgan fingerprint density at radius 3 is 2.75 bits per heavy atom. The SMILES string of the molecule is COc1ccc(F)cc1C(C(=O)O)N1Cc2ccc(Br)cc2C1=O. The van der Waals surface area contributed by atoms with Gasteiger partial charge >= 0.3 is 5.97 Å². The van der Waals surface area contributed by atoms with E-state index < -0.39 is 23.7 Å². The van der Waals surface area contributed by atoms with Gasteiger partial charge in [0.25, 0.3) is 5.91 Å². The van der Waals surface area contributed by atoms with Crippen molar-refractivity contribution in [2.75, 3.05) is 7.11 Å². The molecule has 1 amide bonds. The first-order valence-electron chi connectivity index (χ1n) is 7.08. The Bertz CT molecular complexity index is 839. The van der Waals surface area contributed by atoms with Gasteiger partial charge in [0.15, 0.2) is 6.04 Å². The zero-order valence-electron chi connectivity index (χ0n) is 12.6. The van der Waals surface area contributed by atoms with Gasteiger partial charge in [0.2, 0.25) is 0 Å². The number of nitrogens with zero attached hydrogens (tertiary/aromatic N) is 1. The molecule has 0 bridgehead atoms. The summed E-state index contributed by atoms with van der Waals surface area (Å²) < 4.78 is 19.5. The standard InChI is InChI=1S/C17H13BrFNO4/c1-24-14-5-4-11(19)7-13(14)15(17(22)23)20-8-9-2-3-10(18)6-12(9)16(20)21/h2-7,15H,8H2,1H3,(H,22,23). The van der Waals surface area contributed by atoms with E-state index in [9.17, 15) is 19.1 Å². The van der Waals surface area contributed by atoms with E-state index in [1.807, 2.05) is 0 Å². The number of halogens is 2. The molecular formula is C17H13BrFNO4. The van der Waals surface area contributed by atoms with Crippen LogP contribution in [0.4, 0.5) is 4.39 Å². The predicted molar refractivity (Wildman–Crippen MR) is 87.3 cm³/mol. The molecular weight excluding hydrogens is 381 g/mol. The van der Waals surface area contributed by atoms with Crippen LogP contribution in [0, 0.1) is 5.82 Å². The Morgan fingerprint density at radius 2 is 2.08 bits per heavy atom. The zero-order chi connectivity index (χ0) is 17.4. The second-order valence-corrected chi connectivity index (χ2v) is 6.28. The molecule has 0 spiro atoms. The molecule has 0 fully saturated rings. The van der Waals surface area contributed by atoms with Crippen LogP contribution < -0.4 is 4.74 Å². The monoisotopic (exact) mass is 393 g/mol. The summed E-state index contributed by atoms with van der Waals surface area (Å²) in [4.78, 5) is 25.7. The van der Waals surface area contributed by atoms with Crippen molar-refractivity contribution in [1.82, 2.24) is 4.90 Å². The molecule has 7 heteroatoms. The van der Waals surface area contributed by atoms with Crippen molar-refractivity contribution in [3.8, 4) is 5.75 Å². The highest BCUT2D eigenvalue weighted by molar-refractivity contribution is 9.10. The van der Waals surface area contributed by atoms with Gasteiger partial charge in [-0.3, -0.25) is 4.79 Å². The van der Waals surface area contributed by atoms with E-state index in [-0.39, 0.29) is 17.9 Å². The largest absolute Gasteiger partial charge is 0.496 e. The first-order chi connectivity index (χ1) is 11.4. The van der Waals surface area contributed by atoms with E-state index in [0.29, 0.717) is 5.56 Å².